The SMILES string of the molecule is Cl.O=C(CCC(F)(F)F)N[C@@H]1CCCNC1. The normalized spacial score (nSPS) is 21.1. The van der Waals surface area contributed by atoms with Crippen molar-refractivity contribution in [2.45, 2.75) is 37.9 Å². The molecular weight excluding hydrogens is 245 g/mol. The summed E-state index contributed by atoms with van der Waals surface area (Å²) in [6.45, 7) is 1.56. The minimum atomic E-state index is -4.25. The molecule has 1 amide bonds. The summed E-state index contributed by atoms with van der Waals surface area (Å²) in [6.07, 6.45) is -3.98. The number of rotatable bonds is 3. The molecule has 1 fully saturated rings. The molecule has 1 aliphatic heterocycles. The van der Waals surface area contributed by atoms with Crippen LogP contribution < -0.4 is 10.6 Å². The van der Waals surface area contributed by atoms with Crippen LogP contribution in [0.1, 0.15) is 25.7 Å². The van der Waals surface area contributed by atoms with E-state index in [1.165, 1.54) is 0 Å². The topological polar surface area (TPSA) is 41.1 Å². The molecule has 7 heteroatoms. The van der Waals surface area contributed by atoms with E-state index in [1.807, 2.05) is 0 Å². The number of halogens is 4. The average Bonchev–Trinajstić information content (AvgIpc) is 2.15. The highest BCUT2D eigenvalue weighted by Gasteiger charge is 2.28. The van der Waals surface area contributed by atoms with E-state index in [2.05, 4.69) is 10.6 Å². The lowest BCUT2D eigenvalue weighted by molar-refractivity contribution is -0.144. The van der Waals surface area contributed by atoms with Gasteiger partial charge in [0.15, 0.2) is 0 Å². The van der Waals surface area contributed by atoms with Crippen molar-refractivity contribution in [1.82, 2.24) is 10.6 Å². The molecule has 0 saturated carbocycles. The molecule has 96 valence electrons. The molecule has 0 unspecified atom stereocenters. The summed E-state index contributed by atoms with van der Waals surface area (Å²) >= 11 is 0. The maximum atomic E-state index is 11.8. The van der Waals surface area contributed by atoms with Crippen LogP contribution in [0.4, 0.5) is 13.2 Å². The first-order valence-electron chi connectivity index (χ1n) is 5.04. The van der Waals surface area contributed by atoms with E-state index < -0.39 is 24.9 Å². The smallest absolute Gasteiger partial charge is 0.352 e. The Bertz CT molecular complexity index is 217. The van der Waals surface area contributed by atoms with Crippen molar-refractivity contribution in [1.29, 1.82) is 0 Å². The lowest BCUT2D eigenvalue weighted by Gasteiger charge is -2.23. The second-order valence-electron chi connectivity index (χ2n) is 3.73. The van der Waals surface area contributed by atoms with Gasteiger partial charge in [-0.3, -0.25) is 4.79 Å². The molecule has 3 nitrogen and oxygen atoms in total. The Hall–Kier alpha value is -0.490. The van der Waals surface area contributed by atoms with Crippen molar-refractivity contribution in [2.75, 3.05) is 13.1 Å². The van der Waals surface area contributed by atoms with Crippen molar-refractivity contribution in [3.8, 4) is 0 Å². The first-order valence-corrected chi connectivity index (χ1v) is 5.04. The standard InChI is InChI=1S/C9H15F3N2O.ClH/c10-9(11,12)4-3-8(15)14-7-2-1-5-13-6-7;/h7,13H,1-6H2,(H,14,15);1H/t7-;/m1./s1. The minimum absolute atomic E-state index is 0. The van der Waals surface area contributed by atoms with Gasteiger partial charge in [-0.1, -0.05) is 0 Å². The van der Waals surface area contributed by atoms with Crippen molar-refractivity contribution in [2.24, 2.45) is 0 Å². The summed E-state index contributed by atoms with van der Waals surface area (Å²) in [6, 6.07) is -0.0144. The highest BCUT2D eigenvalue weighted by molar-refractivity contribution is 5.85. The number of alkyl halides is 3. The van der Waals surface area contributed by atoms with Crippen LogP contribution in [0.2, 0.25) is 0 Å². The molecule has 0 spiro atoms. The molecule has 0 radical (unpaired) electrons. The third-order valence-corrected chi connectivity index (χ3v) is 2.30. The summed E-state index contributed by atoms with van der Waals surface area (Å²) in [5.41, 5.74) is 0. The molecule has 1 saturated heterocycles. The predicted molar refractivity (Wildman–Crippen MR) is 56.6 cm³/mol. The largest absolute Gasteiger partial charge is 0.389 e. The van der Waals surface area contributed by atoms with Gasteiger partial charge in [0.1, 0.15) is 0 Å². The van der Waals surface area contributed by atoms with Gasteiger partial charge in [0.25, 0.3) is 0 Å². The van der Waals surface area contributed by atoms with E-state index in [9.17, 15) is 18.0 Å². The van der Waals surface area contributed by atoms with Crippen LogP contribution in [0, 0.1) is 0 Å². The van der Waals surface area contributed by atoms with Gasteiger partial charge >= 0.3 is 6.18 Å². The van der Waals surface area contributed by atoms with Crippen LogP contribution in [0.5, 0.6) is 0 Å². The highest BCUT2D eigenvalue weighted by Crippen LogP contribution is 2.21. The molecule has 0 bridgehead atoms. The molecular formula is C9H16ClF3N2O. The van der Waals surface area contributed by atoms with E-state index in [0.29, 0.717) is 6.54 Å². The van der Waals surface area contributed by atoms with Gasteiger partial charge in [-0.2, -0.15) is 13.2 Å². The lowest BCUT2D eigenvalue weighted by Crippen LogP contribution is -2.45. The fraction of sp³-hybridized carbons (Fsp3) is 0.889. The summed E-state index contributed by atoms with van der Waals surface area (Å²) in [5, 5.41) is 5.67. The lowest BCUT2D eigenvalue weighted by atomic mass is 10.1. The summed E-state index contributed by atoms with van der Waals surface area (Å²) < 4.78 is 35.4. The quantitative estimate of drug-likeness (QED) is 0.810. The molecule has 1 heterocycles. The zero-order chi connectivity index (χ0) is 11.3. The average molecular weight is 261 g/mol. The second kappa shape index (κ2) is 6.96. The Morgan fingerprint density at radius 3 is 2.62 bits per heavy atom. The Balaban J connectivity index is 0.00000225. The van der Waals surface area contributed by atoms with Crippen LogP contribution in [-0.4, -0.2) is 31.2 Å². The number of nitrogens with one attached hydrogen (secondary N) is 2. The Morgan fingerprint density at radius 1 is 1.44 bits per heavy atom. The maximum absolute atomic E-state index is 11.8. The van der Waals surface area contributed by atoms with Crippen LogP contribution in [0.15, 0.2) is 0 Å². The van der Waals surface area contributed by atoms with E-state index in [1.54, 1.807) is 0 Å². The van der Waals surface area contributed by atoms with E-state index in [-0.39, 0.29) is 18.4 Å². The fourth-order valence-electron chi connectivity index (χ4n) is 1.53. The van der Waals surface area contributed by atoms with E-state index in [0.717, 1.165) is 19.4 Å². The van der Waals surface area contributed by atoms with Crippen LogP contribution in [0.25, 0.3) is 0 Å². The molecule has 0 aromatic rings. The first kappa shape index (κ1) is 15.5. The summed E-state index contributed by atoms with van der Waals surface area (Å²) in [7, 11) is 0. The van der Waals surface area contributed by atoms with Crippen LogP contribution in [-0.2, 0) is 4.79 Å². The zero-order valence-electron chi connectivity index (χ0n) is 8.77. The van der Waals surface area contributed by atoms with Crippen LogP contribution in [0.3, 0.4) is 0 Å². The molecule has 0 aliphatic carbocycles. The van der Waals surface area contributed by atoms with Crippen LogP contribution >= 0.6 is 12.4 Å². The number of carbonyl (C=O) groups is 1. The van der Waals surface area contributed by atoms with Crippen molar-refractivity contribution >= 4 is 18.3 Å². The number of hydrogen-bond acceptors (Lipinski definition) is 2. The number of amides is 1. The van der Waals surface area contributed by atoms with Crippen molar-refractivity contribution in [3.05, 3.63) is 0 Å². The molecule has 2 N–H and O–H groups in total. The fourth-order valence-corrected chi connectivity index (χ4v) is 1.53. The molecule has 0 aromatic carbocycles. The predicted octanol–water partition coefficient (Wildman–Crippen LogP) is 1.62. The second-order valence-corrected chi connectivity index (χ2v) is 3.73. The third kappa shape index (κ3) is 6.90. The Kier molecular flexibility index (Phi) is 6.74. The van der Waals surface area contributed by atoms with E-state index >= 15 is 0 Å². The Labute approximate surface area is 98.6 Å². The first-order chi connectivity index (χ1) is 6.97. The zero-order valence-corrected chi connectivity index (χ0v) is 9.59. The monoisotopic (exact) mass is 260 g/mol. The summed E-state index contributed by atoms with van der Waals surface area (Å²) in [4.78, 5) is 11.1. The van der Waals surface area contributed by atoms with Crippen molar-refractivity contribution < 1.29 is 18.0 Å². The van der Waals surface area contributed by atoms with Crippen molar-refractivity contribution in [3.63, 3.8) is 0 Å². The van der Waals surface area contributed by atoms with Gasteiger partial charge in [0.05, 0.1) is 6.42 Å². The molecule has 1 rings (SSSR count). The van der Waals surface area contributed by atoms with Gasteiger partial charge in [0.2, 0.25) is 5.91 Å². The molecule has 16 heavy (non-hydrogen) atoms. The highest BCUT2D eigenvalue weighted by atomic mass is 35.5. The number of hydrogen-bond donors (Lipinski definition) is 2. The minimum Gasteiger partial charge on any atom is -0.352 e. The van der Waals surface area contributed by atoms with Gasteiger partial charge in [-0.05, 0) is 19.4 Å². The summed E-state index contributed by atoms with van der Waals surface area (Å²) in [5.74, 6) is -0.513. The van der Waals surface area contributed by atoms with Gasteiger partial charge < -0.3 is 10.6 Å². The van der Waals surface area contributed by atoms with Gasteiger partial charge in [-0.25, -0.2) is 0 Å². The molecule has 0 aromatic heterocycles. The van der Waals surface area contributed by atoms with Gasteiger partial charge in [0, 0.05) is 19.0 Å². The number of piperidine rings is 1. The van der Waals surface area contributed by atoms with Gasteiger partial charge in [-0.15, -0.1) is 12.4 Å². The third-order valence-electron chi connectivity index (χ3n) is 2.30. The van der Waals surface area contributed by atoms with E-state index in [4.69, 9.17) is 0 Å². The number of carbonyl (C=O) groups excluding carboxylic acids is 1. The Morgan fingerprint density at radius 2 is 2.12 bits per heavy atom. The molecule has 1 atom stereocenters. The maximum Gasteiger partial charge on any atom is 0.389 e. The molecule has 1 aliphatic rings.